The van der Waals surface area contributed by atoms with Gasteiger partial charge in [-0.1, -0.05) is 23.1 Å². The minimum atomic E-state index is -0.997. The van der Waals surface area contributed by atoms with Gasteiger partial charge in [-0.25, -0.2) is 8.78 Å². The van der Waals surface area contributed by atoms with Gasteiger partial charge in [0, 0.05) is 17.8 Å². The number of nitrogens with zero attached hydrogens (tertiary/aromatic N) is 2. The summed E-state index contributed by atoms with van der Waals surface area (Å²) >= 11 is 2.67. The van der Waals surface area contributed by atoms with E-state index in [2.05, 4.69) is 20.8 Å². The molecule has 1 amide bonds. The van der Waals surface area contributed by atoms with E-state index in [1.165, 1.54) is 29.2 Å². The molecule has 0 bridgehead atoms. The molecule has 0 spiro atoms. The number of amides is 1. The van der Waals surface area contributed by atoms with Gasteiger partial charge in [-0.15, -0.1) is 10.2 Å². The molecule has 1 aromatic heterocycles. The number of anilines is 2. The van der Waals surface area contributed by atoms with Crippen LogP contribution < -0.4 is 10.6 Å². The fourth-order valence-electron chi connectivity index (χ4n) is 1.74. The van der Waals surface area contributed by atoms with Crippen LogP contribution in [0.15, 0.2) is 22.5 Å². The molecule has 9 heteroatoms. The van der Waals surface area contributed by atoms with Crippen molar-refractivity contribution in [3.8, 4) is 0 Å². The van der Waals surface area contributed by atoms with E-state index in [0.29, 0.717) is 10.4 Å². The number of thioether (sulfide) groups is 1. The minimum Gasteiger partial charge on any atom is -0.357 e. The first-order chi connectivity index (χ1) is 11.0. The van der Waals surface area contributed by atoms with Crippen LogP contribution in [0.4, 0.5) is 19.6 Å². The van der Waals surface area contributed by atoms with Gasteiger partial charge in [0.05, 0.1) is 5.25 Å². The zero-order chi connectivity index (χ0) is 16.4. The lowest BCUT2D eigenvalue weighted by Gasteiger charge is -2.10. The second kappa shape index (κ2) is 6.79. The summed E-state index contributed by atoms with van der Waals surface area (Å²) in [6.45, 7) is 1.72. The third-order valence-electron chi connectivity index (χ3n) is 3.15. The van der Waals surface area contributed by atoms with Crippen LogP contribution in [0.1, 0.15) is 19.8 Å². The Morgan fingerprint density at radius 2 is 2.13 bits per heavy atom. The number of carbonyl (C=O) groups is 1. The Bertz CT molecular complexity index is 721. The second-order valence-corrected chi connectivity index (χ2v) is 7.74. The fourth-order valence-corrected chi connectivity index (χ4v) is 3.71. The molecule has 2 aromatic rings. The van der Waals surface area contributed by atoms with Gasteiger partial charge in [-0.3, -0.25) is 4.79 Å². The van der Waals surface area contributed by atoms with Gasteiger partial charge in [-0.2, -0.15) is 0 Å². The van der Waals surface area contributed by atoms with Gasteiger partial charge in [0.25, 0.3) is 0 Å². The number of benzene rings is 1. The number of hydrogen-bond acceptors (Lipinski definition) is 6. The molecule has 1 heterocycles. The normalized spacial score (nSPS) is 15.3. The molecule has 0 unspecified atom stereocenters. The van der Waals surface area contributed by atoms with Crippen molar-refractivity contribution in [3.63, 3.8) is 0 Å². The van der Waals surface area contributed by atoms with Crippen molar-refractivity contribution < 1.29 is 13.6 Å². The molecule has 1 aliphatic rings. The van der Waals surface area contributed by atoms with E-state index in [1.807, 2.05) is 0 Å². The summed E-state index contributed by atoms with van der Waals surface area (Å²) in [6.07, 6.45) is 2.30. The molecule has 2 N–H and O–H groups in total. The van der Waals surface area contributed by atoms with Gasteiger partial charge < -0.3 is 10.6 Å². The molecule has 1 fully saturated rings. The first-order valence-electron chi connectivity index (χ1n) is 7.04. The monoisotopic (exact) mass is 356 g/mol. The van der Waals surface area contributed by atoms with Gasteiger partial charge in [-0.05, 0) is 31.9 Å². The highest BCUT2D eigenvalue weighted by molar-refractivity contribution is 8.02. The first kappa shape index (κ1) is 16.1. The van der Waals surface area contributed by atoms with Crippen molar-refractivity contribution in [2.45, 2.75) is 35.4 Å². The Hall–Kier alpha value is -1.74. The maximum atomic E-state index is 13.1. The molecule has 0 saturated heterocycles. The van der Waals surface area contributed by atoms with Crippen LogP contribution in [0.25, 0.3) is 0 Å². The highest BCUT2D eigenvalue weighted by Gasteiger charge is 2.23. The van der Waals surface area contributed by atoms with E-state index in [9.17, 15) is 13.6 Å². The lowest BCUT2D eigenvalue weighted by molar-refractivity contribution is -0.115. The van der Waals surface area contributed by atoms with Gasteiger partial charge >= 0.3 is 0 Å². The third kappa shape index (κ3) is 4.38. The fraction of sp³-hybridized carbons (Fsp3) is 0.357. The molecule has 3 rings (SSSR count). The van der Waals surface area contributed by atoms with Gasteiger partial charge in [0.2, 0.25) is 11.0 Å². The highest BCUT2D eigenvalue weighted by Crippen LogP contribution is 2.32. The van der Waals surface area contributed by atoms with Crippen LogP contribution in [0.3, 0.4) is 0 Å². The largest absolute Gasteiger partial charge is 0.357 e. The molecule has 1 aromatic carbocycles. The van der Waals surface area contributed by atoms with Crippen LogP contribution in [0, 0.1) is 11.6 Å². The van der Waals surface area contributed by atoms with E-state index in [1.54, 1.807) is 6.92 Å². The average Bonchev–Trinajstić information content (AvgIpc) is 3.21. The minimum absolute atomic E-state index is 0.217. The lowest BCUT2D eigenvalue weighted by Crippen LogP contribution is -2.22. The number of nitrogens with one attached hydrogen (secondary N) is 2. The summed E-state index contributed by atoms with van der Waals surface area (Å²) in [4.78, 5) is 12.1. The molecular formula is C14H14F2N4OS2. The summed E-state index contributed by atoms with van der Waals surface area (Å²) in [5.41, 5.74) is 0.217. The Labute approximate surface area is 139 Å². The number of hydrogen-bond donors (Lipinski definition) is 2. The Morgan fingerprint density at radius 1 is 1.35 bits per heavy atom. The summed E-state index contributed by atoms with van der Waals surface area (Å²) in [5.74, 6) is -2.26. The summed E-state index contributed by atoms with van der Waals surface area (Å²) in [5, 5.41) is 14.2. The van der Waals surface area contributed by atoms with Crippen molar-refractivity contribution in [2.24, 2.45) is 0 Å². The topological polar surface area (TPSA) is 66.9 Å². The van der Waals surface area contributed by atoms with Crippen molar-refractivity contribution in [1.29, 1.82) is 0 Å². The molecule has 0 aliphatic heterocycles. The number of halogens is 2. The predicted octanol–water partition coefficient (Wildman–Crippen LogP) is 3.51. The summed E-state index contributed by atoms with van der Waals surface area (Å²) in [7, 11) is 0. The quantitative estimate of drug-likeness (QED) is 0.776. The summed E-state index contributed by atoms with van der Waals surface area (Å²) in [6, 6.07) is 3.74. The van der Waals surface area contributed by atoms with E-state index >= 15 is 0 Å². The maximum Gasteiger partial charge on any atom is 0.237 e. The molecule has 1 saturated carbocycles. The molecule has 122 valence electrons. The first-order valence-corrected chi connectivity index (χ1v) is 8.73. The second-order valence-electron chi connectivity index (χ2n) is 5.17. The van der Waals surface area contributed by atoms with Crippen molar-refractivity contribution >= 4 is 39.8 Å². The van der Waals surface area contributed by atoms with Crippen LogP contribution in [-0.4, -0.2) is 27.4 Å². The number of rotatable bonds is 6. The molecule has 0 radical (unpaired) electrons. The molecular weight excluding hydrogens is 342 g/mol. The van der Waals surface area contributed by atoms with Crippen LogP contribution in [0.2, 0.25) is 0 Å². The van der Waals surface area contributed by atoms with Gasteiger partial charge in [0.1, 0.15) is 0 Å². The molecule has 23 heavy (non-hydrogen) atoms. The molecule has 1 aliphatic carbocycles. The average molecular weight is 356 g/mol. The molecule has 5 nitrogen and oxygen atoms in total. The maximum absolute atomic E-state index is 13.1. The van der Waals surface area contributed by atoms with Gasteiger partial charge in [0.15, 0.2) is 16.0 Å². The molecule has 1 atom stereocenters. The van der Waals surface area contributed by atoms with Crippen molar-refractivity contribution in [3.05, 3.63) is 29.8 Å². The van der Waals surface area contributed by atoms with E-state index < -0.39 is 16.9 Å². The highest BCUT2D eigenvalue weighted by atomic mass is 32.2. The van der Waals surface area contributed by atoms with Crippen molar-refractivity contribution in [1.82, 2.24) is 10.2 Å². The Kier molecular flexibility index (Phi) is 4.76. The Balaban J connectivity index is 1.56. The van der Waals surface area contributed by atoms with Crippen LogP contribution in [-0.2, 0) is 4.79 Å². The Morgan fingerprint density at radius 3 is 2.83 bits per heavy atom. The standard InChI is InChI=1S/C14H14F2N4OS2/c1-7(12(21)17-9-4-5-10(15)11(16)6-9)22-14-20-19-13(23-14)18-8-2-3-8/h4-8H,2-3H2,1H3,(H,17,21)(H,18,19)/t7-/m1/s1. The zero-order valence-electron chi connectivity index (χ0n) is 12.2. The SMILES string of the molecule is C[C@@H](Sc1nnc(NC2CC2)s1)C(=O)Nc1ccc(F)c(F)c1. The zero-order valence-corrected chi connectivity index (χ0v) is 13.8. The van der Waals surface area contributed by atoms with Crippen LogP contribution >= 0.6 is 23.1 Å². The van der Waals surface area contributed by atoms with E-state index in [0.717, 1.165) is 30.1 Å². The number of carbonyl (C=O) groups excluding carboxylic acids is 1. The van der Waals surface area contributed by atoms with E-state index in [4.69, 9.17) is 0 Å². The predicted molar refractivity (Wildman–Crippen MR) is 86.9 cm³/mol. The lowest BCUT2D eigenvalue weighted by atomic mass is 10.3. The third-order valence-corrected chi connectivity index (χ3v) is 5.18. The van der Waals surface area contributed by atoms with Crippen LogP contribution in [0.5, 0.6) is 0 Å². The summed E-state index contributed by atoms with van der Waals surface area (Å²) < 4.78 is 26.7. The van der Waals surface area contributed by atoms with Crippen molar-refractivity contribution in [2.75, 3.05) is 10.6 Å². The van der Waals surface area contributed by atoms with E-state index in [-0.39, 0.29) is 11.6 Å². The number of aromatic nitrogens is 2. The smallest absolute Gasteiger partial charge is 0.237 e.